The van der Waals surface area contributed by atoms with Crippen molar-refractivity contribution < 1.29 is 9.47 Å². The van der Waals surface area contributed by atoms with Gasteiger partial charge in [-0.2, -0.15) is 0 Å². The summed E-state index contributed by atoms with van der Waals surface area (Å²) in [5.74, 6) is 5.25. The summed E-state index contributed by atoms with van der Waals surface area (Å²) in [5, 5.41) is 0. The standard InChI is InChI=1S/C27H45NO2/c1-16-7-12-27(29-15-16)17(2)24-23(30-27)14-22-20-6-5-18-13-19(28)8-10-25(18,3)21(20)9-11-26(22,24)4/h16-24H,5-15,28H2,1-4H3/t16-,17+,18+,19-,20-,21+,22+,23+,24+,25+,26-,27-/m1/s1. The van der Waals surface area contributed by atoms with E-state index in [1.807, 2.05) is 0 Å². The molecule has 12 atom stereocenters. The van der Waals surface area contributed by atoms with Crippen LogP contribution in [0.15, 0.2) is 0 Å². The zero-order valence-electron chi connectivity index (χ0n) is 19.9. The second-order valence-electron chi connectivity index (χ2n) is 13.2. The summed E-state index contributed by atoms with van der Waals surface area (Å²) in [6.45, 7) is 11.0. The molecule has 3 heteroatoms. The zero-order valence-corrected chi connectivity index (χ0v) is 19.9. The van der Waals surface area contributed by atoms with Crippen molar-refractivity contribution in [1.29, 1.82) is 0 Å². The third kappa shape index (κ3) is 2.61. The van der Waals surface area contributed by atoms with E-state index in [-0.39, 0.29) is 5.79 Å². The van der Waals surface area contributed by atoms with E-state index in [1.165, 1.54) is 57.8 Å². The van der Waals surface area contributed by atoms with Crippen molar-refractivity contribution in [3.8, 4) is 0 Å². The van der Waals surface area contributed by atoms with Crippen LogP contribution in [-0.4, -0.2) is 24.5 Å². The maximum absolute atomic E-state index is 6.92. The highest BCUT2D eigenvalue weighted by Gasteiger charge is 2.69. The minimum absolute atomic E-state index is 0.268. The fraction of sp³-hybridized carbons (Fsp3) is 1.00. The molecule has 30 heavy (non-hydrogen) atoms. The Kier molecular flexibility index (Phi) is 4.58. The molecule has 0 unspecified atom stereocenters. The van der Waals surface area contributed by atoms with Crippen LogP contribution in [0.3, 0.4) is 0 Å². The zero-order chi connectivity index (χ0) is 20.9. The number of hydrogen-bond donors (Lipinski definition) is 1. The Bertz CT molecular complexity index is 686. The molecule has 0 aromatic rings. The molecule has 4 aliphatic carbocycles. The van der Waals surface area contributed by atoms with E-state index in [0.717, 1.165) is 36.7 Å². The maximum Gasteiger partial charge on any atom is 0.171 e. The minimum Gasteiger partial charge on any atom is -0.349 e. The fourth-order valence-corrected chi connectivity index (χ4v) is 10.3. The van der Waals surface area contributed by atoms with Gasteiger partial charge in [-0.25, -0.2) is 0 Å². The average Bonchev–Trinajstić information content (AvgIpc) is 3.16. The summed E-state index contributed by atoms with van der Waals surface area (Å²) in [5.41, 5.74) is 7.40. The van der Waals surface area contributed by atoms with Gasteiger partial charge in [-0.1, -0.05) is 27.7 Å². The normalized spacial score (nSPS) is 62.5. The summed E-state index contributed by atoms with van der Waals surface area (Å²) in [6, 6.07) is 0.461. The molecule has 170 valence electrons. The molecule has 0 aromatic heterocycles. The van der Waals surface area contributed by atoms with Crippen LogP contribution in [-0.2, 0) is 9.47 Å². The largest absolute Gasteiger partial charge is 0.349 e. The summed E-state index contributed by atoms with van der Waals surface area (Å²) in [4.78, 5) is 0. The topological polar surface area (TPSA) is 44.5 Å². The lowest BCUT2D eigenvalue weighted by Crippen LogP contribution is -2.55. The van der Waals surface area contributed by atoms with Gasteiger partial charge >= 0.3 is 0 Å². The molecular formula is C27H45NO2. The van der Waals surface area contributed by atoms with Crippen LogP contribution >= 0.6 is 0 Å². The van der Waals surface area contributed by atoms with Crippen molar-refractivity contribution in [3.05, 3.63) is 0 Å². The minimum atomic E-state index is -0.268. The van der Waals surface area contributed by atoms with Gasteiger partial charge in [-0.05, 0) is 104 Å². The van der Waals surface area contributed by atoms with Crippen LogP contribution in [0.5, 0.6) is 0 Å². The highest BCUT2D eigenvalue weighted by molar-refractivity contribution is 5.15. The van der Waals surface area contributed by atoms with Gasteiger partial charge < -0.3 is 15.2 Å². The second-order valence-corrected chi connectivity index (χ2v) is 13.2. The molecule has 1 spiro atoms. The summed E-state index contributed by atoms with van der Waals surface area (Å²) in [7, 11) is 0. The maximum atomic E-state index is 6.92. The highest BCUT2D eigenvalue weighted by atomic mass is 16.7. The summed E-state index contributed by atoms with van der Waals surface area (Å²) in [6.07, 6.45) is 13.7. The third-order valence-electron chi connectivity index (χ3n) is 12.0. The Morgan fingerprint density at radius 3 is 2.40 bits per heavy atom. The molecule has 2 saturated heterocycles. The first-order chi connectivity index (χ1) is 14.3. The highest BCUT2D eigenvalue weighted by Crippen LogP contribution is 2.71. The Hall–Kier alpha value is -0.120. The Morgan fingerprint density at radius 1 is 0.833 bits per heavy atom. The predicted octanol–water partition coefficient (Wildman–Crippen LogP) is 5.76. The Balaban J connectivity index is 1.26. The third-order valence-corrected chi connectivity index (χ3v) is 12.0. The lowest BCUT2D eigenvalue weighted by Gasteiger charge is -2.61. The van der Waals surface area contributed by atoms with Crippen molar-refractivity contribution in [1.82, 2.24) is 0 Å². The molecule has 0 radical (unpaired) electrons. The van der Waals surface area contributed by atoms with Crippen molar-refractivity contribution in [3.63, 3.8) is 0 Å². The molecule has 0 aromatic carbocycles. The van der Waals surface area contributed by atoms with E-state index in [0.29, 0.717) is 40.7 Å². The number of ether oxygens (including phenoxy) is 2. The van der Waals surface area contributed by atoms with Crippen molar-refractivity contribution in [2.24, 2.45) is 58.0 Å². The summed E-state index contributed by atoms with van der Waals surface area (Å²) < 4.78 is 13.4. The van der Waals surface area contributed by atoms with Gasteiger partial charge in [-0.15, -0.1) is 0 Å². The van der Waals surface area contributed by atoms with Gasteiger partial charge in [-0.3, -0.25) is 0 Å². The van der Waals surface area contributed by atoms with E-state index in [4.69, 9.17) is 15.2 Å². The molecule has 3 nitrogen and oxygen atoms in total. The van der Waals surface area contributed by atoms with Gasteiger partial charge in [0.2, 0.25) is 0 Å². The van der Waals surface area contributed by atoms with Crippen LogP contribution in [0.2, 0.25) is 0 Å². The summed E-state index contributed by atoms with van der Waals surface area (Å²) >= 11 is 0. The number of hydrogen-bond acceptors (Lipinski definition) is 3. The van der Waals surface area contributed by atoms with Crippen LogP contribution in [0.1, 0.15) is 91.9 Å². The van der Waals surface area contributed by atoms with Gasteiger partial charge in [0, 0.05) is 18.4 Å². The van der Waals surface area contributed by atoms with Gasteiger partial charge in [0.05, 0.1) is 12.7 Å². The monoisotopic (exact) mass is 415 g/mol. The number of rotatable bonds is 0. The van der Waals surface area contributed by atoms with Crippen molar-refractivity contribution >= 4 is 0 Å². The smallest absolute Gasteiger partial charge is 0.171 e. The second kappa shape index (κ2) is 6.70. The quantitative estimate of drug-likeness (QED) is 0.547. The van der Waals surface area contributed by atoms with E-state index in [2.05, 4.69) is 27.7 Å². The lowest BCUT2D eigenvalue weighted by atomic mass is 9.44. The average molecular weight is 416 g/mol. The molecular weight excluding hydrogens is 370 g/mol. The van der Waals surface area contributed by atoms with Crippen LogP contribution < -0.4 is 5.73 Å². The molecule has 6 aliphatic rings. The van der Waals surface area contributed by atoms with Gasteiger partial charge in [0.25, 0.3) is 0 Å². The number of nitrogens with two attached hydrogens (primary N) is 1. The molecule has 2 aliphatic heterocycles. The molecule has 4 saturated carbocycles. The molecule has 6 fully saturated rings. The van der Waals surface area contributed by atoms with Crippen LogP contribution in [0.4, 0.5) is 0 Å². The van der Waals surface area contributed by atoms with E-state index in [9.17, 15) is 0 Å². The molecule has 2 N–H and O–H groups in total. The van der Waals surface area contributed by atoms with Crippen molar-refractivity contribution in [2.75, 3.05) is 6.61 Å². The Labute approximate surface area is 184 Å². The predicted molar refractivity (Wildman–Crippen MR) is 120 cm³/mol. The van der Waals surface area contributed by atoms with Crippen LogP contribution in [0, 0.1) is 52.3 Å². The SMILES string of the molecule is C[C@@H]1CC[C@@]2(OC1)O[C@H]1C[C@H]3[C@@H]4CC[C@H]5C[C@H](N)CC[C@]5(C)[C@H]4CC[C@@]3(C)[C@H]1[C@@H]2C. The van der Waals surface area contributed by atoms with Crippen LogP contribution in [0.25, 0.3) is 0 Å². The first kappa shape index (κ1) is 20.5. The molecule has 0 bridgehead atoms. The van der Waals surface area contributed by atoms with Gasteiger partial charge in [0.1, 0.15) is 0 Å². The molecule has 2 heterocycles. The fourth-order valence-electron chi connectivity index (χ4n) is 10.3. The van der Waals surface area contributed by atoms with Crippen molar-refractivity contribution in [2.45, 2.75) is 110 Å². The Morgan fingerprint density at radius 2 is 1.63 bits per heavy atom. The lowest BCUT2D eigenvalue weighted by molar-refractivity contribution is -0.273. The molecule has 0 amide bonds. The first-order valence-corrected chi connectivity index (χ1v) is 13.3. The van der Waals surface area contributed by atoms with E-state index < -0.39 is 0 Å². The van der Waals surface area contributed by atoms with E-state index >= 15 is 0 Å². The number of fused-ring (bicyclic) bond motifs is 7. The van der Waals surface area contributed by atoms with Gasteiger partial charge in [0.15, 0.2) is 5.79 Å². The first-order valence-electron chi connectivity index (χ1n) is 13.3. The molecule has 6 rings (SSSR count). The van der Waals surface area contributed by atoms with E-state index in [1.54, 1.807) is 0 Å².